The van der Waals surface area contributed by atoms with Crippen LogP contribution >= 0.6 is 34.5 Å². The second-order valence-electron chi connectivity index (χ2n) is 8.81. The molecule has 1 aliphatic heterocycles. The van der Waals surface area contributed by atoms with Gasteiger partial charge in [0.25, 0.3) is 5.56 Å². The Morgan fingerprint density at radius 3 is 2.56 bits per heavy atom. The van der Waals surface area contributed by atoms with Crippen LogP contribution in [-0.4, -0.2) is 17.6 Å². The van der Waals surface area contributed by atoms with E-state index in [9.17, 15) is 9.59 Å². The van der Waals surface area contributed by atoms with E-state index >= 15 is 0 Å². The molecule has 198 valence electrons. The molecule has 6 nitrogen and oxygen atoms in total. The molecule has 1 aliphatic rings. The summed E-state index contributed by atoms with van der Waals surface area (Å²) in [5.41, 5.74) is 3.25. The number of carbonyl (C=O) groups is 1. The SMILES string of the molecule is CCC1=C(C(=O)OC)[C@@H](c2ccccc2)n2c(s/c(=C\c3cccc(OCc4ccc(Cl)c(Cl)c4)c3)c2=O)=N1. The van der Waals surface area contributed by atoms with Crippen molar-refractivity contribution in [2.24, 2.45) is 4.99 Å². The number of halogens is 2. The zero-order valence-electron chi connectivity index (χ0n) is 21.2. The molecule has 4 aromatic rings. The molecule has 0 fully saturated rings. The molecule has 0 saturated heterocycles. The van der Waals surface area contributed by atoms with Gasteiger partial charge in [-0.15, -0.1) is 0 Å². The summed E-state index contributed by atoms with van der Waals surface area (Å²) < 4.78 is 13.1. The monoisotopic (exact) mass is 578 g/mol. The molecular formula is C30H24Cl2N2O4S. The molecule has 0 aliphatic carbocycles. The van der Waals surface area contributed by atoms with Crippen molar-refractivity contribution in [1.82, 2.24) is 4.57 Å². The van der Waals surface area contributed by atoms with Crippen molar-refractivity contribution in [3.63, 3.8) is 0 Å². The van der Waals surface area contributed by atoms with Crippen molar-refractivity contribution in [3.8, 4) is 5.75 Å². The quantitative estimate of drug-likeness (QED) is 0.264. The average molecular weight is 580 g/mol. The first-order valence-electron chi connectivity index (χ1n) is 12.2. The third-order valence-electron chi connectivity index (χ3n) is 6.31. The van der Waals surface area contributed by atoms with E-state index < -0.39 is 12.0 Å². The van der Waals surface area contributed by atoms with Crippen LogP contribution in [0.3, 0.4) is 0 Å². The molecule has 1 aromatic heterocycles. The molecule has 0 N–H and O–H groups in total. The fourth-order valence-electron chi connectivity index (χ4n) is 4.46. The second-order valence-corrected chi connectivity index (χ2v) is 10.6. The summed E-state index contributed by atoms with van der Waals surface area (Å²) in [5, 5.41) is 0.959. The number of carbonyl (C=O) groups excluding carboxylic acids is 1. The van der Waals surface area contributed by atoms with Gasteiger partial charge in [-0.3, -0.25) is 9.36 Å². The van der Waals surface area contributed by atoms with Crippen molar-refractivity contribution < 1.29 is 14.3 Å². The summed E-state index contributed by atoms with van der Waals surface area (Å²) in [4.78, 5) is 31.9. The summed E-state index contributed by atoms with van der Waals surface area (Å²) >= 11 is 13.4. The van der Waals surface area contributed by atoms with Gasteiger partial charge in [0.2, 0.25) is 0 Å². The lowest BCUT2D eigenvalue weighted by Crippen LogP contribution is -2.40. The van der Waals surface area contributed by atoms with Gasteiger partial charge in [-0.2, -0.15) is 0 Å². The highest BCUT2D eigenvalue weighted by molar-refractivity contribution is 7.07. The van der Waals surface area contributed by atoms with Crippen LogP contribution in [0, 0.1) is 0 Å². The normalized spacial score (nSPS) is 15.1. The Hall–Kier alpha value is -3.65. The number of hydrogen-bond donors (Lipinski definition) is 0. The zero-order valence-corrected chi connectivity index (χ0v) is 23.5. The maximum atomic E-state index is 13.8. The number of rotatable bonds is 7. The Balaban J connectivity index is 1.54. The Labute approximate surface area is 239 Å². The molecule has 5 rings (SSSR count). The molecule has 3 aromatic carbocycles. The molecule has 1 atom stereocenters. The highest BCUT2D eigenvalue weighted by atomic mass is 35.5. The number of benzene rings is 3. The predicted octanol–water partition coefficient (Wildman–Crippen LogP) is 5.68. The Morgan fingerprint density at radius 2 is 1.85 bits per heavy atom. The largest absolute Gasteiger partial charge is 0.489 e. The molecule has 0 unspecified atom stereocenters. The zero-order chi connectivity index (χ0) is 27.5. The molecule has 39 heavy (non-hydrogen) atoms. The number of thiazole rings is 1. The van der Waals surface area contributed by atoms with Crippen LogP contribution in [-0.2, 0) is 16.1 Å². The minimum atomic E-state index is -0.632. The topological polar surface area (TPSA) is 69.9 Å². The summed E-state index contributed by atoms with van der Waals surface area (Å²) in [7, 11) is 1.34. The first-order valence-corrected chi connectivity index (χ1v) is 13.8. The van der Waals surface area contributed by atoms with Crippen molar-refractivity contribution in [2.75, 3.05) is 7.11 Å². The van der Waals surface area contributed by atoms with E-state index in [-0.39, 0.29) is 5.56 Å². The number of ether oxygens (including phenoxy) is 2. The van der Waals surface area contributed by atoms with Crippen molar-refractivity contribution in [3.05, 3.63) is 130 Å². The van der Waals surface area contributed by atoms with E-state index in [0.29, 0.717) is 49.4 Å². The first kappa shape index (κ1) is 26.9. The number of methoxy groups -OCH3 is 1. The second kappa shape index (κ2) is 11.6. The van der Waals surface area contributed by atoms with Gasteiger partial charge in [-0.1, -0.05) is 90.0 Å². The molecule has 0 bridgehead atoms. The fourth-order valence-corrected chi connectivity index (χ4v) is 5.80. The summed E-state index contributed by atoms with van der Waals surface area (Å²) in [5.74, 6) is 0.150. The van der Waals surface area contributed by atoms with E-state index in [1.54, 1.807) is 16.7 Å². The van der Waals surface area contributed by atoms with Gasteiger partial charge >= 0.3 is 5.97 Å². The summed E-state index contributed by atoms with van der Waals surface area (Å²) in [6.45, 7) is 2.25. The van der Waals surface area contributed by atoms with Gasteiger partial charge in [0.1, 0.15) is 12.4 Å². The molecule has 0 spiro atoms. The minimum Gasteiger partial charge on any atom is -0.489 e. The maximum absolute atomic E-state index is 13.8. The highest BCUT2D eigenvalue weighted by Gasteiger charge is 2.33. The molecule has 2 heterocycles. The van der Waals surface area contributed by atoms with Gasteiger partial charge in [0.15, 0.2) is 4.80 Å². The van der Waals surface area contributed by atoms with Crippen molar-refractivity contribution in [2.45, 2.75) is 26.0 Å². The number of nitrogens with zero attached hydrogens (tertiary/aromatic N) is 2. The third kappa shape index (κ3) is 5.57. The summed E-state index contributed by atoms with van der Waals surface area (Å²) in [6.07, 6.45) is 2.34. The molecule has 0 radical (unpaired) electrons. The van der Waals surface area contributed by atoms with Crippen LogP contribution in [0.25, 0.3) is 6.08 Å². The number of hydrogen-bond acceptors (Lipinski definition) is 6. The van der Waals surface area contributed by atoms with Crippen LogP contribution in [0.2, 0.25) is 10.0 Å². The fraction of sp³-hybridized carbons (Fsp3) is 0.167. The summed E-state index contributed by atoms with van der Waals surface area (Å²) in [6, 6.07) is 21.7. The van der Waals surface area contributed by atoms with E-state index in [1.165, 1.54) is 18.4 Å². The lowest BCUT2D eigenvalue weighted by Gasteiger charge is -2.25. The number of allylic oxidation sites excluding steroid dienone is 1. The lowest BCUT2D eigenvalue weighted by atomic mass is 9.95. The van der Waals surface area contributed by atoms with Crippen molar-refractivity contribution in [1.29, 1.82) is 0 Å². The molecule has 9 heteroatoms. The van der Waals surface area contributed by atoms with Gasteiger partial charge in [-0.25, -0.2) is 9.79 Å². The van der Waals surface area contributed by atoms with Gasteiger partial charge in [0.05, 0.1) is 39.0 Å². The maximum Gasteiger partial charge on any atom is 0.338 e. The number of esters is 1. The van der Waals surface area contributed by atoms with Crippen LogP contribution in [0.5, 0.6) is 5.75 Å². The van der Waals surface area contributed by atoms with E-state index in [1.807, 2.05) is 73.7 Å². The van der Waals surface area contributed by atoms with Gasteiger partial charge in [-0.05, 0) is 53.5 Å². The highest BCUT2D eigenvalue weighted by Crippen LogP contribution is 2.31. The van der Waals surface area contributed by atoms with Gasteiger partial charge < -0.3 is 9.47 Å². The van der Waals surface area contributed by atoms with Gasteiger partial charge in [0, 0.05) is 0 Å². The lowest BCUT2D eigenvalue weighted by molar-refractivity contribution is -0.136. The Kier molecular flexibility index (Phi) is 8.02. The predicted molar refractivity (Wildman–Crippen MR) is 154 cm³/mol. The van der Waals surface area contributed by atoms with E-state index in [0.717, 1.165) is 16.7 Å². The van der Waals surface area contributed by atoms with Crippen LogP contribution in [0.15, 0.2) is 93.9 Å². The van der Waals surface area contributed by atoms with Crippen molar-refractivity contribution >= 4 is 46.6 Å². The number of fused-ring (bicyclic) bond motifs is 1. The molecule has 0 amide bonds. The Bertz CT molecular complexity index is 1760. The average Bonchev–Trinajstić information content (AvgIpc) is 3.27. The van der Waals surface area contributed by atoms with E-state index in [4.69, 9.17) is 37.7 Å². The molecule has 0 saturated carbocycles. The first-order chi connectivity index (χ1) is 18.9. The van der Waals surface area contributed by atoms with Crippen LogP contribution in [0.4, 0.5) is 0 Å². The number of aromatic nitrogens is 1. The molecular weight excluding hydrogens is 555 g/mol. The smallest absolute Gasteiger partial charge is 0.338 e. The third-order valence-corrected chi connectivity index (χ3v) is 8.03. The van der Waals surface area contributed by atoms with Crippen LogP contribution in [0.1, 0.15) is 36.1 Å². The minimum absolute atomic E-state index is 0.230. The Morgan fingerprint density at radius 1 is 1.05 bits per heavy atom. The van der Waals surface area contributed by atoms with E-state index in [2.05, 4.69) is 0 Å². The van der Waals surface area contributed by atoms with Crippen LogP contribution < -0.4 is 19.6 Å². The standard InChI is InChI=1S/C30H24Cl2N2O4S/c1-3-24-26(29(36)37-2)27(20-9-5-4-6-10-20)34-28(35)25(39-30(34)33-24)16-18-8-7-11-21(14-18)38-17-19-12-13-22(31)23(32)15-19/h4-16,27H,3,17H2,1-2H3/b25-16-/t27-/m1/s1.